The van der Waals surface area contributed by atoms with E-state index in [9.17, 15) is 22.0 Å². The molecule has 4 nitrogen and oxygen atoms in total. The van der Waals surface area contributed by atoms with Crippen molar-refractivity contribution >= 4 is 23.1 Å². The standard InChI is InChI=1S/C19H9F5N2O2S2/c20-13-6-5-12(9-14(13)21)27-11-3-1-10(2-4-11)17-25-18(28-26-17)15-7-8-16(29-15)30-19(22,23)24/h1-9H. The lowest BCUT2D eigenvalue weighted by Crippen LogP contribution is -1.97. The maximum Gasteiger partial charge on any atom is 0.447 e. The normalized spacial score (nSPS) is 11.6. The minimum absolute atomic E-state index is 0.0657. The second kappa shape index (κ2) is 8.07. The molecule has 0 unspecified atom stereocenters. The van der Waals surface area contributed by atoms with Crippen molar-refractivity contribution in [2.24, 2.45) is 0 Å². The van der Waals surface area contributed by atoms with Crippen LogP contribution in [0.1, 0.15) is 0 Å². The molecule has 154 valence electrons. The Morgan fingerprint density at radius 2 is 1.63 bits per heavy atom. The van der Waals surface area contributed by atoms with Crippen molar-refractivity contribution in [1.29, 1.82) is 0 Å². The molecule has 0 radical (unpaired) electrons. The van der Waals surface area contributed by atoms with Gasteiger partial charge in [0.2, 0.25) is 5.82 Å². The van der Waals surface area contributed by atoms with Gasteiger partial charge in [0.05, 0.1) is 9.09 Å². The predicted molar refractivity (Wildman–Crippen MR) is 101 cm³/mol. The smallest absolute Gasteiger partial charge is 0.447 e. The van der Waals surface area contributed by atoms with Crippen LogP contribution in [-0.2, 0) is 0 Å². The summed E-state index contributed by atoms with van der Waals surface area (Å²) >= 11 is 0.690. The van der Waals surface area contributed by atoms with E-state index in [1.54, 1.807) is 24.3 Å². The van der Waals surface area contributed by atoms with Gasteiger partial charge in [0, 0.05) is 11.6 Å². The van der Waals surface area contributed by atoms with Crippen LogP contribution in [0.15, 0.2) is 63.3 Å². The lowest BCUT2D eigenvalue weighted by Gasteiger charge is -2.06. The molecule has 11 heteroatoms. The average molecular weight is 456 g/mol. The Morgan fingerprint density at radius 1 is 0.900 bits per heavy atom. The van der Waals surface area contributed by atoms with Gasteiger partial charge in [0.15, 0.2) is 11.6 Å². The number of aromatic nitrogens is 2. The van der Waals surface area contributed by atoms with Gasteiger partial charge in [-0.05, 0) is 60.3 Å². The number of hydrogen-bond acceptors (Lipinski definition) is 6. The van der Waals surface area contributed by atoms with Crippen LogP contribution in [0.5, 0.6) is 11.5 Å². The zero-order valence-corrected chi connectivity index (χ0v) is 16.2. The molecule has 0 N–H and O–H groups in total. The number of rotatable bonds is 5. The third-order valence-corrected chi connectivity index (χ3v) is 5.61. The quantitative estimate of drug-likeness (QED) is 0.236. The first kappa shape index (κ1) is 20.4. The fourth-order valence-corrected chi connectivity index (χ4v) is 4.14. The fraction of sp³-hybridized carbons (Fsp3) is 0.0526. The second-order valence-electron chi connectivity index (χ2n) is 5.79. The summed E-state index contributed by atoms with van der Waals surface area (Å²) in [6.45, 7) is 0. The molecule has 0 saturated carbocycles. The van der Waals surface area contributed by atoms with Gasteiger partial charge < -0.3 is 9.26 Å². The summed E-state index contributed by atoms with van der Waals surface area (Å²) in [6.07, 6.45) is 0. The molecule has 0 aliphatic heterocycles. The van der Waals surface area contributed by atoms with Crippen LogP contribution in [0.2, 0.25) is 0 Å². The van der Waals surface area contributed by atoms with Gasteiger partial charge in [-0.1, -0.05) is 5.16 Å². The third-order valence-electron chi connectivity index (χ3n) is 3.67. The van der Waals surface area contributed by atoms with Crippen molar-refractivity contribution in [2.45, 2.75) is 9.72 Å². The second-order valence-corrected chi connectivity index (χ2v) is 8.24. The maximum absolute atomic E-state index is 13.3. The first-order valence-electron chi connectivity index (χ1n) is 8.20. The molecule has 0 aliphatic rings. The SMILES string of the molecule is Fc1ccc(Oc2ccc(-c3noc(-c4ccc(SC(F)(F)F)s4)n3)cc2)cc1F. The summed E-state index contributed by atoms with van der Waals surface area (Å²) in [6, 6.07) is 12.4. The molecule has 4 aromatic rings. The first-order valence-corrected chi connectivity index (χ1v) is 9.83. The van der Waals surface area contributed by atoms with Gasteiger partial charge >= 0.3 is 5.51 Å². The summed E-state index contributed by atoms with van der Waals surface area (Å²) in [5, 5.41) is 3.84. The van der Waals surface area contributed by atoms with Gasteiger partial charge in [0.1, 0.15) is 11.5 Å². The lowest BCUT2D eigenvalue weighted by molar-refractivity contribution is -0.0327. The zero-order valence-electron chi connectivity index (χ0n) is 14.6. The van der Waals surface area contributed by atoms with E-state index < -0.39 is 17.1 Å². The number of benzene rings is 2. The molecule has 2 heterocycles. The van der Waals surface area contributed by atoms with Gasteiger partial charge in [0.25, 0.3) is 5.89 Å². The molecule has 0 bridgehead atoms. The van der Waals surface area contributed by atoms with E-state index in [-0.39, 0.29) is 33.4 Å². The summed E-state index contributed by atoms with van der Waals surface area (Å²) in [4.78, 5) is 4.62. The number of alkyl halides is 3. The first-order chi connectivity index (χ1) is 14.3. The summed E-state index contributed by atoms with van der Waals surface area (Å²) in [5.41, 5.74) is -3.80. The van der Waals surface area contributed by atoms with E-state index in [4.69, 9.17) is 9.26 Å². The topological polar surface area (TPSA) is 48.2 Å². The van der Waals surface area contributed by atoms with Crippen molar-refractivity contribution in [3.63, 3.8) is 0 Å². The van der Waals surface area contributed by atoms with Crippen molar-refractivity contribution in [3.05, 3.63) is 66.2 Å². The molecule has 0 amide bonds. The Morgan fingerprint density at radius 3 is 2.33 bits per heavy atom. The van der Waals surface area contributed by atoms with E-state index in [1.165, 1.54) is 18.2 Å². The largest absolute Gasteiger partial charge is 0.457 e. The molecule has 2 aromatic heterocycles. The number of halogens is 5. The third kappa shape index (κ3) is 4.79. The van der Waals surface area contributed by atoms with Crippen LogP contribution in [-0.4, -0.2) is 15.6 Å². The Balaban J connectivity index is 1.47. The highest BCUT2D eigenvalue weighted by molar-refractivity contribution is 8.02. The molecular formula is C19H9F5N2O2S2. The monoisotopic (exact) mass is 456 g/mol. The lowest BCUT2D eigenvalue weighted by atomic mass is 10.2. The van der Waals surface area contributed by atoms with Crippen LogP contribution in [0.25, 0.3) is 22.2 Å². The Labute approximate surface area is 174 Å². The van der Waals surface area contributed by atoms with E-state index in [2.05, 4.69) is 10.1 Å². The van der Waals surface area contributed by atoms with E-state index in [0.29, 0.717) is 16.2 Å². The van der Waals surface area contributed by atoms with Crippen LogP contribution in [0.4, 0.5) is 22.0 Å². The van der Waals surface area contributed by atoms with Crippen LogP contribution >= 0.6 is 23.1 Å². The van der Waals surface area contributed by atoms with E-state index in [0.717, 1.165) is 23.5 Å². The number of ether oxygens (including phenoxy) is 1. The van der Waals surface area contributed by atoms with Gasteiger partial charge in [-0.15, -0.1) is 11.3 Å². The summed E-state index contributed by atoms with van der Waals surface area (Å²) in [7, 11) is 0. The average Bonchev–Trinajstić information content (AvgIpc) is 3.34. The minimum atomic E-state index is -4.37. The molecule has 0 aliphatic carbocycles. The number of thiophene rings is 1. The fourth-order valence-electron chi connectivity index (χ4n) is 2.39. The van der Waals surface area contributed by atoms with Crippen molar-refractivity contribution in [1.82, 2.24) is 10.1 Å². The van der Waals surface area contributed by atoms with Gasteiger partial charge in [-0.25, -0.2) is 8.78 Å². The van der Waals surface area contributed by atoms with Gasteiger partial charge in [-0.2, -0.15) is 18.2 Å². The predicted octanol–water partition coefficient (Wildman–Crippen LogP) is 7.15. The Hall–Kier alpha value is -2.92. The molecule has 0 fully saturated rings. The highest BCUT2D eigenvalue weighted by Gasteiger charge is 2.30. The van der Waals surface area contributed by atoms with E-state index in [1.807, 2.05) is 0 Å². The number of hydrogen-bond donors (Lipinski definition) is 0. The van der Waals surface area contributed by atoms with Gasteiger partial charge in [-0.3, -0.25) is 0 Å². The zero-order chi connectivity index (χ0) is 21.3. The molecule has 2 aromatic carbocycles. The Kier molecular flexibility index (Phi) is 5.48. The molecule has 0 spiro atoms. The highest BCUT2D eigenvalue weighted by Crippen LogP contribution is 2.42. The van der Waals surface area contributed by atoms with Crippen LogP contribution < -0.4 is 4.74 Å². The summed E-state index contributed by atoms with van der Waals surface area (Å²) < 4.78 is 74.3. The van der Waals surface area contributed by atoms with Crippen molar-refractivity contribution < 1.29 is 31.2 Å². The Bertz CT molecular complexity index is 1170. The van der Waals surface area contributed by atoms with Crippen LogP contribution in [0, 0.1) is 11.6 Å². The molecule has 0 atom stereocenters. The molecule has 4 rings (SSSR count). The van der Waals surface area contributed by atoms with Crippen LogP contribution in [0.3, 0.4) is 0 Å². The molecule has 30 heavy (non-hydrogen) atoms. The molecule has 0 saturated heterocycles. The minimum Gasteiger partial charge on any atom is -0.457 e. The van der Waals surface area contributed by atoms with Crippen molar-refractivity contribution in [2.75, 3.05) is 0 Å². The highest BCUT2D eigenvalue weighted by atomic mass is 32.2. The maximum atomic E-state index is 13.3. The number of thioether (sulfide) groups is 1. The number of nitrogens with zero attached hydrogens (tertiary/aromatic N) is 2. The summed E-state index contributed by atoms with van der Waals surface area (Å²) in [5.74, 6) is -1.14. The van der Waals surface area contributed by atoms with E-state index >= 15 is 0 Å². The molecular weight excluding hydrogens is 447 g/mol. The van der Waals surface area contributed by atoms with Crippen molar-refractivity contribution in [3.8, 4) is 33.7 Å².